The summed E-state index contributed by atoms with van der Waals surface area (Å²) < 4.78 is 18.7. The SMILES string of the molecule is COc1ccc(CN[C@@H]2COC[C@H]2Cc2cc(C)no2)cc1Cn1nc(C)cc1C. The maximum Gasteiger partial charge on any atom is 0.137 e. The number of methoxy groups -OCH3 is 1. The fourth-order valence-electron chi connectivity index (χ4n) is 4.11. The lowest BCUT2D eigenvalue weighted by Crippen LogP contribution is -2.36. The van der Waals surface area contributed by atoms with Gasteiger partial charge >= 0.3 is 0 Å². The molecule has 0 unspecified atom stereocenters. The zero-order valence-corrected chi connectivity index (χ0v) is 18.1. The summed E-state index contributed by atoms with van der Waals surface area (Å²) in [7, 11) is 1.71. The zero-order valence-electron chi connectivity index (χ0n) is 18.1. The molecule has 2 atom stereocenters. The van der Waals surface area contributed by atoms with Crippen molar-refractivity contribution in [3.05, 3.63) is 64.3 Å². The summed E-state index contributed by atoms with van der Waals surface area (Å²) in [5.41, 5.74) is 5.43. The molecule has 30 heavy (non-hydrogen) atoms. The van der Waals surface area contributed by atoms with Gasteiger partial charge in [-0.3, -0.25) is 4.68 Å². The average Bonchev–Trinajstić information content (AvgIpc) is 3.42. The second-order valence-electron chi connectivity index (χ2n) is 8.15. The minimum atomic E-state index is 0.289. The third-order valence-electron chi connectivity index (χ3n) is 5.68. The van der Waals surface area contributed by atoms with Crippen molar-refractivity contribution in [2.24, 2.45) is 5.92 Å². The highest BCUT2D eigenvalue weighted by atomic mass is 16.5. The van der Waals surface area contributed by atoms with Crippen LogP contribution in [0.2, 0.25) is 0 Å². The van der Waals surface area contributed by atoms with Crippen LogP contribution in [0, 0.1) is 26.7 Å². The zero-order chi connectivity index (χ0) is 21.1. The van der Waals surface area contributed by atoms with Crippen LogP contribution in [0.4, 0.5) is 0 Å². The van der Waals surface area contributed by atoms with Crippen LogP contribution < -0.4 is 10.1 Å². The van der Waals surface area contributed by atoms with Gasteiger partial charge in [0.05, 0.1) is 38.3 Å². The van der Waals surface area contributed by atoms with E-state index in [1.54, 1.807) is 7.11 Å². The second kappa shape index (κ2) is 9.02. The number of nitrogens with one attached hydrogen (secondary N) is 1. The largest absolute Gasteiger partial charge is 0.496 e. The molecule has 1 aliphatic heterocycles. The highest BCUT2D eigenvalue weighted by molar-refractivity contribution is 5.37. The van der Waals surface area contributed by atoms with Crippen LogP contribution in [0.1, 0.15) is 34.0 Å². The molecule has 1 aliphatic rings. The van der Waals surface area contributed by atoms with E-state index < -0.39 is 0 Å². The van der Waals surface area contributed by atoms with Crippen LogP contribution in [0.15, 0.2) is 34.9 Å². The van der Waals surface area contributed by atoms with Crippen LogP contribution in [0.5, 0.6) is 5.75 Å². The smallest absolute Gasteiger partial charge is 0.137 e. The maximum atomic E-state index is 5.74. The third kappa shape index (κ3) is 4.74. The minimum Gasteiger partial charge on any atom is -0.496 e. The van der Waals surface area contributed by atoms with Crippen molar-refractivity contribution < 1.29 is 14.0 Å². The van der Waals surface area contributed by atoms with E-state index in [1.807, 2.05) is 30.7 Å². The van der Waals surface area contributed by atoms with E-state index in [2.05, 4.69) is 40.7 Å². The molecule has 3 aromatic rings. The summed E-state index contributed by atoms with van der Waals surface area (Å²) in [4.78, 5) is 0. The third-order valence-corrected chi connectivity index (χ3v) is 5.68. The molecule has 0 bridgehead atoms. The van der Waals surface area contributed by atoms with Crippen molar-refractivity contribution in [1.29, 1.82) is 0 Å². The van der Waals surface area contributed by atoms with Crippen molar-refractivity contribution in [2.75, 3.05) is 20.3 Å². The van der Waals surface area contributed by atoms with E-state index >= 15 is 0 Å². The fraction of sp³-hybridized carbons (Fsp3) is 0.478. The van der Waals surface area contributed by atoms with Crippen LogP contribution >= 0.6 is 0 Å². The molecule has 1 saturated heterocycles. The van der Waals surface area contributed by atoms with E-state index in [0.717, 1.165) is 53.7 Å². The molecule has 4 rings (SSSR count). The molecule has 7 heteroatoms. The molecular weight excluding hydrogens is 380 g/mol. The highest BCUT2D eigenvalue weighted by Gasteiger charge is 2.29. The van der Waals surface area contributed by atoms with Gasteiger partial charge in [0, 0.05) is 42.2 Å². The Morgan fingerprint density at radius 3 is 2.70 bits per heavy atom. The number of benzene rings is 1. The van der Waals surface area contributed by atoms with Crippen molar-refractivity contribution in [3.63, 3.8) is 0 Å². The predicted octanol–water partition coefficient (Wildman–Crippen LogP) is 3.20. The number of aryl methyl sites for hydroxylation is 3. The molecule has 1 aromatic carbocycles. The summed E-state index contributed by atoms with van der Waals surface area (Å²) in [6, 6.07) is 10.7. The lowest BCUT2D eigenvalue weighted by atomic mass is 9.98. The topological polar surface area (TPSA) is 74.3 Å². The summed E-state index contributed by atoms with van der Waals surface area (Å²) in [5.74, 6) is 2.19. The van der Waals surface area contributed by atoms with E-state index in [4.69, 9.17) is 14.0 Å². The second-order valence-corrected chi connectivity index (χ2v) is 8.15. The lowest BCUT2D eigenvalue weighted by Gasteiger charge is -2.19. The molecule has 0 saturated carbocycles. The summed E-state index contributed by atoms with van der Waals surface area (Å²) in [6.07, 6.45) is 0.838. The van der Waals surface area contributed by atoms with Gasteiger partial charge in [-0.25, -0.2) is 0 Å². The first kappa shape index (κ1) is 20.6. The average molecular weight is 411 g/mol. The number of ether oxygens (including phenoxy) is 2. The minimum absolute atomic E-state index is 0.289. The molecule has 0 spiro atoms. The Hall–Kier alpha value is -2.64. The maximum absolute atomic E-state index is 5.74. The number of hydrogen-bond acceptors (Lipinski definition) is 6. The summed E-state index contributed by atoms with van der Waals surface area (Å²) >= 11 is 0. The van der Waals surface area contributed by atoms with Gasteiger partial charge in [0.1, 0.15) is 11.5 Å². The van der Waals surface area contributed by atoms with Crippen molar-refractivity contribution in [3.8, 4) is 5.75 Å². The van der Waals surface area contributed by atoms with Gasteiger partial charge in [0.15, 0.2) is 0 Å². The molecule has 1 fully saturated rings. The lowest BCUT2D eigenvalue weighted by molar-refractivity contribution is 0.181. The van der Waals surface area contributed by atoms with Crippen LogP contribution in [0.3, 0.4) is 0 Å². The van der Waals surface area contributed by atoms with E-state index in [9.17, 15) is 0 Å². The van der Waals surface area contributed by atoms with Gasteiger partial charge in [-0.1, -0.05) is 11.2 Å². The Bertz CT molecular complexity index is 994. The van der Waals surface area contributed by atoms with E-state index in [1.165, 1.54) is 5.56 Å². The first-order chi connectivity index (χ1) is 14.5. The van der Waals surface area contributed by atoms with Gasteiger partial charge < -0.3 is 19.3 Å². The molecule has 2 aromatic heterocycles. The number of aromatic nitrogens is 3. The summed E-state index contributed by atoms with van der Waals surface area (Å²) in [5, 5.41) is 12.2. The van der Waals surface area contributed by atoms with Gasteiger partial charge in [0.2, 0.25) is 0 Å². The molecule has 0 radical (unpaired) electrons. The van der Waals surface area contributed by atoms with Crippen molar-refractivity contribution >= 4 is 0 Å². The first-order valence-electron chi connectivity index (χ1n) is 10.4. The number of hydrogen-bond donors (Lipinski definition) is 1. The Kier molecular flexibility index (Phi) is 6.20. The molecule has 3 heterocycles. The molecule has 0 aliphatic carbocycles. The standard InChI is InChI=1S/C23H30N4O3/c1-15-7-17(3)27(25-15)12-19-9-18(5-6-23(19)28-4)11-24-22-14-29-13-20(22)10-21-8-16(2)26-30-21/h5-9,20,22,24H,10-14H2,1-4H3/t20-,22-/m1/s1. The van der Waals surface area contributed by atoms with Gasteiger partial charge in [-0.2, -0.15) is 5.10 Å². The van der Waals surface area contributed by atoms with Gasteiger partial charge in [-0.15, -0.1) is 0 Å². The molecular formula is C23H30N4O3. The Morgan fingerprint density at radius 1 is 1.13 bits per heavy atom. The number of rotatable bonds is 8. The van der Waals surface area contributed by atoms with Crippen molar-refractivity contribution in [2.45, 2.75) is 46.3 Å². The Balaban J connectivity index is 1.42. The van der Waals surface area contributed by atoms with Crippen LogP contribution in [0.25, 0.3) is 0 Å². The van der Waals surface area contributed by atoms with E-state index in [-0.39, 0.29) is 6.04 Å². The monoisotopic (exact) mass is 410 g/mol. The Morgan fingerprint density at radius 2 is 2.00 bits per heavy atom. The van der Waals surface area contributed by atoms with Gasteiger partial charge in [-0.05, 0) is 44.5 Å². The summed E-state index contributed by atoms with van der Waals surface area (Å²) in [6.45, 7) is 8.96. The fourth-order valence-corrected chi connectivity index (χ4v) is 4.11. The normalized spacial score (nSPS) is 18.8. The van der Waals surface area contributed by atoms with Crippen LogP contribution in [-0.2, 0) is 24.2 Å². The van der Waals surface area contributed by atoms with Gasteiger partial charge in [0.25, 0.3) is 0 Å². The first-order valence-corrected chi connectivity index (χ1v) is 10.4. The van der Waals surface area contributed by atoms with Crippen molar-refractivity contribution in [1.82, 2.24) is 20.3 Å². The number of nitrogens with zero attached hydrogens (tertiary/aromatic N) is 3. The van der Waals surface area contributed by atoms with Crippen LogP contribution in [-0.4, -0.2) is 41.3 Å². The molecule has 1 N–H and O–H groups in total. The molecule has 160 valence electrons. The quantitative estimate of drug-likeness (QED) is 0.615. The highest BCUT2D eigenvalue weighted by Crippen LogP contribution is 2.23. The Labute approximate surface area is 177 Å². The molecule has 7 nitrogen and oxygen atoms in total. The molecule has 0 amide bonds. The van der Waals surface area contributed by atoms with E-state index in [0.29, 0.717) is 19.1 Å². The predicted molar refractivity (Wildman–Crippen MR) is 114 cm³/mol.